The monoisotopic (exact) mass is 290 g/mol. The van der Waals surface area contributed by atoms with Gasteiger partial charge in [0.05, 0.1) is 11.0 Å². The van der Waals surface area contributed by atoms with E-state index < -0.39 is 10.0 Å². The van der Waals surface area contributed by atoms with Crippen molar-refractivity contribution in [3.05, 3.63) is 16.3 Å². The van der Waals surface area contributed by atoms with Gasteiger partial charge in [-0.1, -0.05) is 0 Å². The third-order valence-corrected chi connectivity index (χ3v) is 5.66. The second-order valence-electron chi connectivity index (χ2n) is 4.44. The fraction of sp³-hybridized carbons (Fsp3) is 0.636. The molecule has 0 amide bonds. The minimum atomic E-state index is -3.46. The molecule has 18 heavy (non-hydrogen) atoms. The van der Waals surface area contributed by atoms with Crippen molar-refractivity contribution < 1.29 is 13.2 Å². The van der Waals surface area contributed by atoms with Crippen LogP contribution in [0, 0.1) is 0 Å². The predicted octanol–water partition coefficient (Wildman–Crippen LogP) is 1.05. The first kappa shape index (κ1) is 14.0. The van der Waals surface area contributed by atoms with Crippen LogP contribution >= 0.6 is 11.3 Å². The standard InChI is InChI=1S/C11H18N2O3S2/c1-8-6-9(2-4-16-8)13-18(14,15)11-3-5-17-10(11)7-12/h3,5,8-9,13H,2,4,6-7,12H2,1H3. The first-order valence-corrected chi connectivity index (χ1v) is 8.29. The predicted molar refractivity (Wildman–Crippen MR) is 71.0 cm³/mol. The summed E-state index contributed by atoms with van der Waals surface area (Å²) < 4.78 is 32.6. The quantitative estimate of drug-likeness (QED) is 0.868. The van der Waals surface area contributed by atoms with E-state index in [1.54, 1.807) is 11.4 Å². The number of ether oxygens (including phenoxy) is 1. The molecule has 0 radical (unpaired) electrons. The molecule has 2 rings (SSSR count). The summed E-state index contributed by atoms with van der Waals surface area (Å²) in [6.07, 6.45) is 1.52. The van der Waals surface area contributed by atoms with Gasteiger partial charge in [0.2, 0.25) is 10.0 Å². The number of hydrogen-bond donors (Lipinski definition) is 2. The molecule has 0 bridgehead atoms. The van der Waals surface area contributed by atoms with Crippen molar-refractivity contribution >= 4 is 21.4 Å². The molecule has 1 saturated heterocycles. The Bertz CT molecular complexity index is 498. The van der Waals surface area contributed by atoms with Gasteiger partial charge in [-0.05, 0) is 31.2 Å². The Kier molecular flexibility index (Phi) is 4.39. The Labute approximate surface area is 111 Å². The van der Waals surface area contributed by atoms with Gasteiger partial charge in [-0.25, -0.2) is 13.1 Å². The molecule has 1 aromatic rings. The average molecular weight is 290 g/mol. The van der Waals surface area contributed by atoms with Crippen molar-refractivity contribution in [2.75, 3.05) is 6.61 Å². The lowest BCUT2D eigenvalue weighted by molar-refractivity contribution is 0.0173. The maximum absolute atomic E-state index is 12.2. The van der Waals surface area contributed by atoms with Crippen molar-refractivity contribution in [1.82, 2.24) is 4.72 Å². The number of rotatable bonds is 4. The Morgan fingerprint density at radius 1 is 1.61 bits per heavy atom. The van der Waals surface area contributed by atoms with Crippen LogP contribution in [0.1, 0.15) is 24.6 Å². The zero-order chi connectivity index (χ0) is 13.2. The maximum atomic E-state index is 12.2. The van der Waals surface area contributed by atoms with Crippen molar-refractivity contribution in [2.24, 2.45) is 5.73 Å². The highest BCUT2D eigenvalue weighted by Crippen LogP contribution is 2.23. The van der Waals surface area contributed by atoms with Gasteiger partial charge >= 0.3 is 0 Å². The van der Waals surface area contributed by atoms with Gasteiger partial charge in [0.15, 0.2) is 0 Å². The van der Waals surface area contributed by atoms with Crippen LogP contribution in [0.25, 0.3) is 0 Å². The number of nitrogens with one attached hydrogen (secondary N) is 1. The molecule has 0 saturated carbocycles. The van der Waals surface area contributed by atoms with Crippen LogP contribution in [0.3, 0.4) is 0 Å². The largest absolute Gasteiger partial charge is 0.378 e. The highest BCUT2D eigenvalue weighted by molar-refractivity contribution is 7.89. The van der Waals surface area contributed by atoms with E-state index in [0.717, 1.165) is 0 Å². The zero-order valence-electron chi connectivity index (χ0n) is 10.3. The first-order valence-electron chi connectivity index (χ1n) is 5.93. The van der Waals surface area contributed by atoms with Gasteiger partial charge in [0, 0.05) is 24.1 Å². The van der Waals surface area contributed by atoms with Crippen molar-refractivity contribution in [3.63, 3.8) is 0 Å². The molecule has 102 valence electrons. The SMILES string of the molecule is CC1CC(NS(=O)(=O)c2ccsc2CN)CCO1. The van der Waals surface area contributed by atoms with E-state index in [1.165, 1.54) is 11.3 Å². The Morgan fingerprint density at radius 3 is 3.06 bits per heavy atom. The maximum Gasteiger partial charge on any atom is 0.241 e. The number of sulfonamides is 1. The molecule has 1 aliphatic heterocycles. The van der Waals surface area contributed by atoms with E-state index in [4.69, 9.17) is 10.5 Å². The summed E-state index contributed by atoms with van der Waals surface area (Å²) in [4.78, 5) is 1.01. The molecule has 1 fully saturated rings. The van der Waals surface area contributed by atoms with Crippen molar-refractivity contribution in [3.8, 4) is 0 Å². The fourth-order valence-electron chi connectivity index (χ4n) is 2.11. The van der Waals surface area contributed by atoms with Crippen LogP contribution in [0.4, 0.5) is 0 Å². The molecule has 5 nitrogen and oxygen atoms in total. The average Bonchev–Trinajstić information content (AvgIpc) is 2.77. The highest BCUT2D eigenvalue weighted by Gasteiger charge is 2.26. The second kappa shape index (κ2) is 5.66. The van der Waals surface area contributed by atoms with E-state index >= 15 is 0 Å². The number of hydrogen-bond acceptors (Lipinski definition) is 5. The lowest BCUT2D eigenvalue weighted by Gasteiger charge is -2.27. The molecule has 0 aliphatic carbocycles. The zero-order valence-corrected chi connectivity index (χ0v) is 11.9. The van der Waals surface area contributed by atoms with Crippen LogP contribution in [0.2, 0.25) is 0 Å². The summed E-state index contributed by atoms with van der Waals surface area (Å²) in [5.41, 5.74) is 5.55. The summed E-state index contributed by atoms with van der Waals surface area (Å²) in [7, 11) is -3.46. The Balaban J connectivity index is 2.12. The van der Waals surface area contributed by atoms with Gasteiger partial charge < -0.3 is 10.5 Å². The number of nitrogens with two attached hydrogens (primary N) is 1. The van der Waals surface area contributed by atoms with Crippen LogP contribution in [-0.2, 0) is 21.3 Å². The summed E-state index contributed by atoms with van der Waals surface area (Å²) >= 11 is 1.37. The minimum Gasteiger partial charge on any atom is -0.378 e. The highest BCUT2D eigenvalue weighted by atomic mass is 32.2. The topological polar surface area (TPSA) is 81.4 Å². The third-order valence-electron chi connectivity index (χ3n) is 2.99. The smallest absolute Gasteiger partial charge is 0.241 e. The molecule has 2 atom stereocenters. The molecular formula is C11H18N2O3S2. The van der Waals surface area contributed by atoms with E-state index in [1.807, 2.05) is 6.92 Å². The van der Waals surface area contributed by atoms with Gasteiger partial charge in [0.1, 0.15) is 0 Å². The summed E-state index contributed by atoms with van der Waals surface area (Å²) in [6, 6.07) is 1.56. The van der Waals surface area contributed by atoms with E-state index in [-0.39, 0.29) is 18.7 Å². The molecule has 2 heterocycles. The van der Waals surface area contributed by atoms with E-state index in [0.29, 0.717) is 29.2 Å². The summed E-state index contributed by atoms with van der Waals surface area (Å²) in [5, 5.41) is 1.75. The molecule has 7 heteroatoms. The molecular weight excluding hydrogens is 272 g/mol. The van der Waals surface area contributed by atoms with E-state index in [9.17, 15) is 8.42 Å². The second-order valence-corrected chi connectivity index (χ2v) is 7.12. The fourth-order valence-corrected chi connectivity index (χ4v) is 4.72. The molecule has 1 aliphatic rings. The van der Waals surface area contributed by atoms with Crippen LogP contribution in [0.5, 0.6) is 0 Å². The normalized spacial score (nSPS) is 25.2. The minimum absolute atomic E-state index is 0.0516. The first-order chi connectivity index (χ1) is 8.53. The van der Waals surface area contributed by atoms with Gasteiger partial charge in [-0.2, -0.15) is 0 Å². The van der Waals surface area contributed by atoms with Crippen LogP contribution < -0.4 is 10.5 Å². The third kappa shape index (κ3) is 3.10. The van der Waals surface area contributed by atoms with Crippen molar-refractivity contribution in [1.29, 1.82) is 0 Å². The van der Waals surface area contributed by atoms with Gasteiger partial charge in [-0.3, -0.25) is 0 Å². The van der Waals surface area contributed by atoms with Gasteiger partial charge in [0.25, 0.3) is 0 Å². The Morgan fingerprint density at radius 2 is 2.39 bits per heavy atom. The Hall–Kier alpha value is -0.470. The number of thiophene rings is 1. The molecule has 2 unspecified atom stereocenters. The summed E-state index contributed by atoms with van der Waals surface area (Å²) in [5.74, 6) is 0. The molecule has 0 aromatic carbocycles. The van der Waals surface area contributed by atoms with Crippen LogP contribution in [0.15, 0.2) is 16.3 Å². The van der Waals surface area contributed by atoms with E-state index in [2.05, 4.69) is 4.72 Å². The lowest BCUT2D eigenvalue weighted by atomic mass is 10.1. The van der Waals surface area contributed by atoms with Crippen molar-refractivity contribution in [2.45, 2.75) is 43.4 Å². The molecule has 1 aromatic heterocycles. The molecule has 3 N–H and O–H groups in total. The summed E-state index contributed by atoms with van der Waals surface area (Å²) in [6.45, 7) is 2.80. The van der Waals surface area contributed by atoms with Crippen LogP contribution in [-0.4, -0.2) is 27.2 Å². The lowest BCUT2D eigenvalue weighted by Crippen LogP contribution is -2.41. The molecule has 0 spiro atoms. The van der Waals surface area contributed by atoms with Gasteiger partial charge in [-0.15, -0.1) is 11.3 Å².